The van der Waals surface area contributed by atoms with Crippen molar-refractivity contribution in [3.8, 4) is 0 Å². The molecule has 2 heterocycles. The van der Waals surface area contributed by atoms with Crippen LogP contribution in [0, 0.1) is 0 Å². The van der Waals surface area contributed by atoms with Crippen molar-refractivity contribution in [2.75, 3.05) is 39.3 Å². The van der Waals surface area contributed by atoms with Crippen LogP contribution in [0.2, 0.25) is 0 Å². The molecule has 0 aromatic heterocycles. The number of alkyl carbamates (subject to hydrolysis) is 1. The Bertz CT molecular complexity index is 2930. The Morgan fingerprint density at radius 3 is 1.42 bits per heavy atom. The van der Waals surface area contributed by atoms with Crippen molar-refractivity contribution in [3.05, 3.63) is 144 Å². The molecule has 86 heavy (non-hydrogen) atoms. The molecule has 7 amide bonds. The van der Waals surface area contributed by atoms with E-state index in [2.05, 4.69) is 21.3 Å². The first-order valence-corrected chi connectivity index (χ1v) is 27.1. The number of amides is 7. The van der Waals surface area contributed by atoms with Gasteiger partial charge in [0.25, 0.3) is 0 Å². The van der Waals surface area contributed by atoms with Gasteiger partial charge in [-0.1, -0.05) is 121 Å². The summed E-state index contributed by atoms with van der Waals surface area (Å²) < 4.78 is 37.0. The van der Waals surface area contributed by atoms with Crippen molar-refractivity contribution in [2.24, 2.45) is 0 Å². The number of ether oxygens (including phenoxy) is 1. The summed E-state index contributed by atoms with van der Waals surface area (Å²) in [6.45, 7) is 4.39. The zero-order chi connectivity index (χ0) is 63.3. The zero-order valence-electron chi connectivity index (χ0n) is 47.1. The fourth-order valence-electron chi connectivity index (χ4n) is 8.77. The van der Waals surface area contributed by atoms with E-state index in [1.54, 1.807) is 0 Å². The number of alkyl halides is 3. The molecule has 0 spiro atoms. The van der Waals surface area contributed by atoms with Gasteiger partial charge in [-0.25, -0.2) is 9.59 Å². The maximum Gasteiger partial charge on any atom is 0.490 e. The average molecular weight is 1200 g/mol. The highest BCUT2D eigenvalue weighted by molar-refractivity contribution is 5.95. The standard InChI is InChI=1S/C30H36N4O7.C27H32N4O7.C2HF3O2/c1-21(29(40)31-24(20-35)18-28(38)39)34-17-16-33(27(37)15-13-23-10-6-3-7-11-23)19-25(30(34)41)32-26(36)14-12-22-8-4-2-5-9-22;1-19(25(35)28-22(17-32)14-24(33)34)31-13-12-30(15-20-8-4-2-5-9-20)16-23(26(31)36)29-27(37)38-18-21-10-6-3-7-11-21;3-2(4,5)1(6)7/h2-11,20-21,24-25H,12-19H2,1H3,(H,31,40)(H,32,36)(H,38,39);2-11,17,19,22-23H,12-16,18H2,1H3,(H,28,35)(H,29,37)(H,33,34);(H,6,7)/t21?,24-,25?;19?,22-,23?;/m00./s1. The quantitative estimate of drug-likeness (QED) is 0.0496. The molecule has 7 N–H and O–H groups in total. The number of hydrogen-bond acceptors (Lipinski definition) is 14. The predicted octanol–water partition coefficient (Wildman–Crippen LogP) is 2.76. The average Bonchev–Trinajstić information content (AvgIpc) is 3.02. The van der Waals surface area contributed by atoms with Gasteiger partial charge in [0.1, 0.15) is 43.3 Å². The first-order valence-electron chi connectivity index (χ1n) is 27.1. The Morgan fingerprint density at radius 2 is 0.988 bits per heavy atom. The van der Waals surface area contributed by atoms with Crippen LogP contribution in [-0.4, -0.2) is 189 Å². The van der Waals surface area contributed by atoms with Crippen LogP contribution in [0.4, 0.5) is 18.0 Å². The van der Waals surface area contributed by atoms with Crippen LogP contribution in [0.1, 0.15) is 61.8 Å². The van der Waals surface area contributed by atoms with Crippen LogP contribution in [0.5, 0.6) is 0 Å². The smallest absolute Gasteiger partial charge is 0.481 e. The van der Waals surface area contributed by atoms with E-state index in [1.807, 2.05) is 126 Å². The summed E-state index contributed by atoms with van der Waals surface area (Å²) in [6.07, 6.45) is -5.04. The number of carboxylic acid groups (broad SMARTS) is 3. The lowest BCUT2D eigenvalue weighted by atomic mass is 10.1. The van der Waals surface area contributed by atoms with Crippen LogP contribution >= 0.6 is 0 Å². The molecular formula is C59H69F3N8O16. The van der Waals surface area contributed by atoms with Gasteiger partial charge in [-0.2, -0.15) is 13.2 Å². The van der Waals surface area contributed by atoms with Crippen LogP contribution < -0.4 is 21.3 Å². The van der Waals surface area contributed by atoms with Crippen LogP contribution in [0.15, 0.2) is 121 Å². The fourth-order valence-corrected chi connectivity index (χ4v) is 8.77. The molecule has 462 valence electrons. The highest BCUT2D eigenvalue weighted by Crippen LogP contribution is 2.17. The van der Waals surface area contributed by atoms with Crippen molar-refractivity contribution < 1.29 is 90.8 Å². The molecular weight excluding hydrogens is 1130 g/mol. The molecule has 0 bridgehead atoms. The SMILES string of the molecule is CC(C(=O)N[C@H](C=O)CC(=O)O)N1CCN(C(=O)CCc2ccccc2)CC(NC(=O)CCc2ccccc2)C1=O.CC(C(=O)N[C@H](C=O)CC(=O)O)N1CCN(Cc2ccccc2)CC(NC(=O)OCc2ccccc2)C1=O.O=C(O)C(F)(F)F. The van der Waals surface area contributed by atoms with Gasteiger partial charge in [-0.3, -0.25) is 43.3 Å². The molecule has 2 aliphatic rings. The number of hydrogen-bond donors (Lipinski definition) is 7. The summed E-state index contributed by atoms with van der Waals surface area (Å²) >= 11 is 0. The number of nitrogens with zero attached hydrogens (tertiary/aromatic N) is 4. The van der Waals surface area contributed by atoms with E-state index < -0.39 is 103 Å². The van der Waals surface area contributed by atoms with Crippen molar-refractivity contribution in [2.45, 2.75) is 108 Å². The lowest BCUT2D eigenvalue weighted by Gasteiger charge is -2.29. The number of aryl methyl sites for hydroxylation is 2. The highest BCUT2D eigenvalue weighted by atomic mass is 19.4. The number of carbonyl (C=O) groups excluding carboxylic acids is 9. The fraction of sp³-hybridized carbons (Fsp3) is 0.390. The largest absolute Gasteiger partial charge is 0.490 e. The Morgan fingerprint density at radius 1 is 0.581 bits per heavy atom. The molecule has 27 heteroatoms. The van der Waals surface area contributed by atoms with Crippen LogP contribution in [0.25, 0.3) is 0 Å². The third-order valence-electron chi connectivity index (χ3n) is 13.4. The minimum Gasteiger partial charge on any atom is -0.481 e. The summed E-state index contributed by atoms with van der Waals surface area (Å²) in [5, 5.41) is 35.2. The van der Waals surface area contributed by atoms with E-state index in [0.717, 1.165) is 22.3 Å². The second-order valence-electron chi connectivity index (χ2n) is 19.8. The summed E-state index contributed by atoms with van der Waals surface area (Å²) in [7, 11) is 0. The first kappa shape index (κ1) is 69.0. The molecule has 6 rings (SSSR count). The van der Waals surface area contributed by atoms with Gasteiger partial charge in [0.15, 0.2) is 0 Å². The number of halogens is 3. The lowest BCUT2D eigenvalue weighted by molar-refractivity contribution is -0.192. The van der Waals surface area contributed by atoms with Crippen molar-refractivity contribution in [1.29, 1.82) is 0 Å². The van der Waals surface area contributed by atoms with E-state index in [-0.39, 0.29) is 64.0 Å². The maximum atomic E-state index is 13.6. The highest BCUT2D eigenvalue weighted by Gasteiger charge is 2.40. The van der Waals surface area contributed by atoms with Gasteiger partial charge in [0.2, 0.25) is 35.4 Å². The molecule has 2 saturated heterocycles. The van der Waals surface area contributed by atoms with E-state index in [4.69, 9.17) is 24.9 Å². The third-order valence-corrected chi connectivity index (χ3v) is 13.4. The van der Waals surface area contributed by atoms with Crippen molar-refractivity contribution in [1.82, 2.24) is 40.9 Å². The van der Waals surface area contributed by atoms with Gasteiger partial charge in [-0.15, -0.1) is 0 Å². The van der Waals surface area contributed by atoms with Gasteiger partial charge in [0, 0.05) is 58.7 Å². The number of carboxylic acids is 3. The summed E-state index contributed by atoms with van der Waals surface area (Å²) in [4.78, 5) is 151. The topological polar surface area (TPSA) is 336 Å². The third kappa shape index (κ3) is 24.0. The minimum absolute atomic E-state index is 0.0194. The Balaban J connectivity index is 0.000000332. The maximum absolute atomic E-state index is 13.6. The second kappa shape index (κ2) is 34.9. The predicted molar refractivity (Wildman–Crippen MR) is 300 cm³/mol. The van der Waals surface area contributed by atoms with Crippen molar-refractivity contribution >= 4 is 72.0 Å². The summed E-state index contributed by atoms with van der Waals surface area (Å²) in [5.74, 6) is -8.22. The lowest BCUT2D eigenvalue weighted by Crippen LogP contribution is -2.56. The normalized spacial score (nSPS) is 16.6. The Labute approximate surface area is 493 Å². The van der Waals surface area contributed by atoms with Crippen LogP contribution in [0.3, 0.4) is 0 Å². The molecule has 0 saturated carbocycles. The molecule has 0 aliphatic carbocycles. The number of carbonyl (C=O) groups is 12. The Hall–Kier alpha value is -9.53. The van der Waals surface area contributed by atoms with Gasteiger partial charge in [-0.05, 0) is 48.9 Å². The Kier molecular flexibility index (Phi) is 28.0. The van der Waals surface area contributed by atoms with Crippen LogP contribution in [-0.2, 0) is 83.5 Å². The van der Waals surface area contributed by atoms with Crippen molar-refractivity contribution in [3.63, 3.8) is 0 Å². The van der Waals surface area contributed by atoms with E-state index >= 15 is 0 Å². The monoisotopic (exact) mass is 1200 g/mol. The van der Waals surface area contributed by atoms with Gasteiger partial charge < -0.3 is 65.6 Å². The number of nitrogens with one attached hydrogen (secondary N) is 4. The van der Waals surface area contributed by atoms with E-state index in [0.29, 0.717) is 38.5 Å². The summed E-state index contributed by atoms with van der Waals surface area (Å²) in [6, 6.07) is 31.0. The van der Waals surface area contributed by atoms with E-state index in [9.17, 15) is 65.9 Å². The molecule has 4 aromatic rings. The first-order chi connectivity index (χ1) is 40.9. The molecule has 6 atom stereocenters. The molecule has 4 unspecified atom stereocenters. The second-order valence-corrected chi connectivity index (χ2v) is 19.8. The number of aldehydes is 2. The minimum atomic E-state index is -5.08. The number of aliphatic carboxylic acids is 3. The molecule has 4 aromatic carbocycles. The molecule has 2 fully saturated rings. The zero-order valence-corrected chi connectivity index (χ0v) is 47.1. The van der Waals surface area contributed by atoms with E-state index in [1.165, 1.54) is 28.5 Å². The molecule has 0 radical (unpaired) electrons. The van der Waals surface area contributed by atoms with Gasteiger partial charge >= 0.3 is 30.2 Å². The number of benzene rings is 4. The number of rotatable bonds is 24. The molecule has 2 aliphatic heterocycles. The summed E-state index contributed by atoms with van der Waals surface area (Å²) in [5.41, 5.74) is 3.77. The van der Waals surface area contributed by atoms with Gasteiger partial charge in [0.05, 0.1) is 24.9 Å². The molecule has 24 nitrogen and oxygen atoms in total.